The molecule has 3 aromatic rings. The first kappa shape index (κ1) is 20.6. The number of hydrogen-bond donors (Lipinski definition) is 0. The Morgan fingerprint density at radius 2 is 2.07 bits per heavy atom. The fourth-order valence-corrected chi connectivity index (χ4v) is 4.23. The molecule has 0 saturated carbocycles. The highest BCUT2D eigenvalue weighted by atomic mass is 79.9. The predicted octanol–water partition coefficient (Wildman–Crippen LogP) is 4.87. The normalized spacial score (nSPS) is 14.9. The van der Waals surface area contributed by atoms with Gasteiger partial charge in [-0.05, 0) is 30.0 Å². The smallest absolute Gasteiger partial charge is 0.247 e. The number of para-hydroxylation sites is 1. The lowest BCUT2D eigenvalue weighted by Gasteiger charge is -2.30. The van der Waals surface area contributed by atoms with Gasteiger partial charge in [0.15, 0.2) is 5.69 Å². The Kier molecular flexibility index (Phi) is 5.92. The van der Waals surface area contributed by atoms with Crippen molar-refractivity contribution < 1.29 is 14.3 Å². The highest BCUT2D eigenvalue weighted by Gasteiger charge is 2.36. The molecule has 0 aliphatic carbocycles. The van der Waals surface area contributed by atoms with E-state index < -0.39 is 6.23 Å². The third-order valence-electron chi connectivity index (χ3n) is 4.58. The summed E-state index contributed by atoms with van der Waals surface area (Å²) in [7, 11) is 1.59. The van der Waals surface area contributed by atoms with E-state index in [0.717, 1.165) is 15.8 Å². The minimum atomic E-state index is -0.798. The van der Waals surface area contributed by atoms with E-state index in [0.29, 0.717) is 33.7 Å². The second kappa shape index (κ2) is 8.61. The van der Waals surface area contributed by atoms with Crippen LogP contribution in [0.4, 0.5) is 5.69 Å². The summed E-state index contributed by atoms with van der Waals surface area (Å²) >= 11 is 4.98. The monoisotopic (exact) mass is 486 g/mol. The fraction of sp³-hybridized carbons (Fsp3) is 0.238. The van der Waals surface area contributed by atoms with Gasteiger partial charge in [-0.25, -0.2) is 0 Å². The zero-order valence-electron chi connectivity index (χ0n) is 16.6. The van der Waals surface area contributed by atoms with E-state index in [4.69, 9.17) is 9.47 Å². The third-order valence-corrected chi connectivity index (χ3v) is 5.80. The first-order valence-corrected chi connectivity index (χ1v) is 11.1. The second-order valence-corrected chi connectivity index (χ2v) is 8.59. The van der Waals surface area contributed by atoms with Gasteiger partial charge in [0.2, 0.25) is 23.2 Å². The average Bonchev–Trinajstić information content (AvgIpc) is 2.88. The van der Waals surface area contributed by atoms with E-state index in [1.54, 1.807) is 12.0 Å². The molecule has 0 radical (unpaired) electrons. The van der Waals surface area contributed by atoms with Gasteiger partial charge in [0.25, 0.3) is 0 Å². The highest BCUT2D eigenvalue weighted by Crippen LogP contribution is 2.45. The number of halogens is 1. The van der Waals surface area contributed by atoms with Gasteiger partial charge in [-0.3, -0.25) is 9.69 Å². The van der Waals surface area contributed by atoms with Crippen molar-refractivity contribution in [2.45, 2.75) is 25.2 Å². The number of hydrogen-bond acceptors (Lipinski definition) is 7. The summed E-state index contributed by atoms with van der Waals surface area (Å²) in [5, 5.41) is 9.13. The first-order valence-electron chi connectivity index (χ1n) is 9.30. The Balaban J connectivity index is 1.98. The Hall–Kier alpha value is -2.65. The molecule has 1 aliphatic rings. The third kappa shape index (κ3) is 3.75. The van der Waals surface area contributed by atoms with Crippen LogP contribution in [-0.2, 0) is 4.79 Å². The molecule has 0 fully saturated rings. The topological polar surface area (TPSA) is 77.4 Å². The van der Waals surface area contributed by atoms with Crippen LogP contribution in [0.2, 0.25) is 0 Å². The number of benzene rings is 2. The minimum absolute atomic E-state index is 0.182. The largest absolute Gasteiger partial charge is 0.496 e. The van der Waals surface area contributed by atoms with Gasteiger partial charge in [-0.2, -0.15) is 4.98 Å². The molecule has 30 heavy (non-hydrogen) atoms. The molecule has 1 aromatic heterocycles. The molecular weight excluding hydrogens is 468 g/mol. The molecular formula is C21H19BrN4O3S. The molecule has 1 amide bonds. The van der Waals surface area contributed by atoms with Crippen LogP contribution in [-0.4, -0.2) is 34.0 Å². The van der Waals surface area contributed by atoms with Crippen molar-refractivity contribution in [1.82, 2.24) is 15.2 Å². The SMILES string of the molecule is CCSc1nnc2c(n1)O[C@@H](c1cc(Br)ccc1OC)N(C(C)=O)c1ccccc1-2. The molecule has 9 heteroatoms. The number of carbonyl (C=O) groups excluding carboxylic acids is 1. The number of thioether (sulfide) groups is 1. The summed E-state index contributed by atoms with van der Waals surface area (Å²) in [5.74, 6) is 1.54. The molecule has 0 N–H and O–H groups in total. The Morgan fingerprint density at radius 1 is 1.27 bits per heavy atom. The lowest BCUT2D eigenvalue weighted by Crippen LogP contribution is -2.36. The van der Waals surface area contributed by atoms with E-state index in [-0.39, 0.29) is 5.91 Å². The van der Waals surface area contributed by atoms with Gasteiger partial charge in [-0.15, -0.1) is 10.2 Å². The van der Waals surface area contributed by atoms with Crippen molar-refractivity contribution >= 4 is 39.3 Å². The standard InChI is InChI=1S/C21H19BrN4O3S/c1-4-30-21-23-19-18(24-25-21)14-7-5-6-8-16(14)26(12(2)27)20(29-19)15-11-13(22)9-10-17(15)28-3/h5-11,20H,4H2,1-3H3/t20-/m0/s1. The van der Waals surface area contributed by atoms with Crippen molar-refractivity contribution in [2.75, 3.05) is 17.8 Å². The van der Waals surface area contributed by atoms with Crippen LogP contribution in [0, 0.1) is 0 Å². The Morgan fingerprint density at radius 3 is 2.80 bits per heavy atom. The van der Waals surface area contributed by atoms with Gasteiger partial charge in [-0.1, -0.05) is 52.8 Å². The number of methoxy groups -OCH3 is 1. The van der Waals surface area contributed by atoms with Crippen LogP contribution < -0.4 is 14.4 Å². The number of ether oxygens (including phenoxy) is 2. The van der Waals surface area contributed by atoms with Gasteiger partial charge in [0, 0.05) is 17.0 Å². The number of nitrogens with zero attached hydrogens (tertiary/aromatic N) is 4. The molecule has 7 nitrogen and oxygen atoms in total. The van der Waals surface area contributed by atoms with Crippen LogP contribution in [0.25, 0.3) is 11.3 Å². The van der Waals surface area contributed by atoms with Crippen LogP contribution in [0.1, 0.15) is 25.6 Å². The van der Waals surface area contributed by atoms with Gasteiger partial charge >= 0.3 is 0 Å². The Bertz CT molecular complexity index is 1110. The predicted molar refractivity (Wildman–Crippen MR) is 119 cm³/mol. The fourth-order valence-electron chi connectivity index (χ4n) is 3.34. The lowest BCUT2D eigenvalue weighted by molar-refractivity contribution is -0.118. The molecule has 2 aromatic carbocycles. The van der Waals surface area contributed by atoms with Crippen LogP contribution in [0.3, 0.4) is 0 Å². The van der Waals surface area contributed by atoms with E-state index in [1.165, 1.54) is 18.7 Å². The number of carbonyl (C=O) groups is 1. The van der Waals surface area contributed by atoms with Crippen LogP contribution in [0.5, 0.6) is 11.6 Å². The molecule has 0 saturated heterocycles. The average molecular weight is 487 g/mol. The lowest BCUT2D eigenvalue weighted by atomic mass is 10.1. The molecule has 154 valence electrons. The van der Waals surface area contributed by atoms with Gasteiger partial charge in [0.1, 0.15) is 5.75 Å². The number of aromatic nitrogens is 3. The van der Waals surface area contributed by atoms with E-state index in [1.807, 2.05) is 49.4 Å². The summed E-state index contributed by atoms with van der Waals surface area (Å²) < 4.78 is 12.8. The molecule has 0 spiro atoms. The zero-order valence-corrected chi connectivity index (χ0v) is 19.0. The molecule has 1 aliphatic heterocycles. The molecule has 0 bridgehead atoms. The summed E-state index contributed by atoms with van der Waals surface area (Å²) in [6.07, 6.45) is -0.798. The van der Waals surface area contributed by atoms with Crippen molar-refractivity contribution in [2.24, 2.45) is 0 Å². The van der Waals surface area contributed by atoms with Crippen LogP contribution >= 0.6 is 27.7 Å². The molecule has 4 rings (SSSR count). The van der Waals surface area contributed by atoms with E-state index in [2.05, 4.69) is 31.1 Å². The number of anilines is 1. The zero-order chi connectivity index (χ0) is 21.3. The summed E-state index contributed by atoms with van der Waals surface area (Å²) in [5.41, 5.74) is 2.58. The molecule has 0 unspecified atom stereocenters. The summed E-state index contributed by atoms with van der Waals surface area (Å²) in [6.45, 7) is 3.52. The summed E-state index contributed by atoms with van der Waals surface area (Å²) in [4.78, 5) is 19.0. The molecule has 1 atom stereocenters. The van der Waals surface area contributed by atoms with Crippen molar-refractivity contribution in [3.8, 4) is 22.9 Å². The first-order chi connectivity index (χ1) is 14.5. The molecule has 2 heterocycles. The highest BCUT2D eigenvalue weighted by molar-refractivity contribution is 9.10. The number of fused-ring (bicyclic) bond motifs is 3. The second-order valence-electron chi connectivity index (χ2n) is 6.44. The Labute approximate surface area is 186 Å². The number of rotatable bonds is 4. The maximum atomic E-state index is 12.8. The van der Waals surface area contributed by atoms with Gasteiger partial charge in [0.05, 0.1) is 18.4 Å². The maximum absolute atomic E-state index is 12.8. The quantitative estimate of drug-likeness (QED) is 0.486. The van der Waals surface area contributed by atoms with E-state index >= 15 is 0 Å². The minimum Gasteiger partial charge on any atom is -0.496 e. The van der Waals surface area contributed by atoms with Crippen LogP contribution in [0.15, 0.2) is 52.1 Å². The van der Waals surface area contributed by atoms with E-state index in [9.17, 15) is 4.79 Å². The maximum Gasteiger partial charge on any atom is 0.247 e. The van der Waals surface area contributed by atoms with Crippen molar-refractivity contribution in [3.63, 3.8) is 0 Å². The van der Waals surface area contributed by atoms with Crippen molar-refractivity contribution in [3.05, 3.63) is 52.5 Å². The van der Waals surface area contributed by atoms with Crippen molar-refractivity contribution in [1.29, 1.82) is 0 Å². The number of amides is 1. The van der Waals surface area contributed by atoms with Gasteiger partial charge < -0.3 is 9.47 Å². The summed E-state index contributed by atoms with van der Waals surface area (Å²) in [6, 6.07) is 13.1.